The van der Waals surface area contributed by atoms with Crippen LogP contribution in [0, 0.1) is 0 Å². The Balaban J connectivity index is 1.39. The van der Waals surface area contributed by atoms with Gasteiger partial charge in [0.25, 0.3) is 0 Å². The Hall–Kier alpha value is -2.98. The van der Waals surface area contributed by atoms with Crippen molar-refractivity contribution >= 4 is 23.1 Å². The molecular weight excluding hydrogens is 465 g/mol. The minimum atomic E-state index is -4.33. The third-order valence-electron chi connectivity index (χ3n) is 5.62. The van der Waals surface area contributed by atoms with Crippen molar-refractivity contribution in [2.24, 2.45) is 0 Å². The fourth-order valence-electron chi connectivity index (χ4n) is 3.82. The summed E-state index contributed by atoms with van der Waals surface area (Å²) in [6, 6.07) is 11.0. The second-order valence-corrected chi connectivity index (χ2v) is 8.94. The maximum absolute atomic E-state index is 12.7. The third kappa shape index (κ3) is 5.74. The van der Waals surface area contributed by atoms with E-state index in [9.17, 15) is 18.0 Å². The Bertz CT molecular complexity index is 1100. The van der Waals surface area contributed by atoms with Crippen LogP contribution in [0.4, 0.5) is 19.0 Å². The predicted molar refractivity (Wildman–Crippen MR) is 125 cm³/mol. The minimum absolute atomic E-state index is 0.221. The summed E-state index contributed by atoms with van der Waals surface area (Å²) < 4.78 is 43.5. The van der Waals surface area contributed by atoms with Crippen molar-refractivity contribution < 1.29 is 22.7 Å². The molecule has 0 atom stereocenters. The maximum Gasteiger partial charge on any atom is 0.416 e. The Morgan fingerprint density at radius 3 is 2.53 bits per heavy atom. The number of carbonyl (C=O) groups is 1. The van der Waals surface area contributed by atoms with E-state index in [0.29, 0.717) is 41.0 Å². The quantitative estimate of drug-likeness (QED) is 0.462. The minimum Gasteiger partial charge on any atom is -0.462 e. The SMILES string of the molecule is CCOC(=O)c1sc(-c2ccccn2)nc1N1CCC(NCc2ccc(C(F)(F)F)cc2)CC1. The fourth-order valence-corrected chi connectivity index (χ4v) is 4.78. The number of benzene rings is 1. The molecule has 10 heteroatoms. The average molecular weight is 491 g/mol. The zero-order chi connectivity index (χ0) is 24.1. The number of nitrogens with one attached hydrogen (secondary N) is 1. The van der Waals surface area contributed by atoms with Crippen molar-refractivity contribution in [3.8, 4) is 10.7 Å². The lowest BCUT2D eigenvalue weighted by Crippen LogP contribution is -2.42. The van der Waals surface area contributed by atoms with E-state index in [1.165, 1.54) is 23.5 Å². The number of pyridine rings is 1. The number of hydrogen-bond donors (Lipinski definition) is 1. The molecule has 1 aliphatic heterocycles. The van der Waals surface area contributed by atoms with E-state index >= 15 is 0 Å². The van der Waals surface area contributed by atoms with Gasteiger partial charge < -0.3 is 15.0 Å². The predicted octanol–water partition coefficient (Wildman–Crippen LogP) is 5.16. The van der Waals surface area contributed by atoms with Crippen molar-refractivity contribution in [1.82, 2.24) is 15.3 Å². The first-order chi connectivity index (χ1) is 16.3. The van der Waals surface area contributed by atoms with Gasteiger partial charge in [0.2, 0.25) is 0 Å². The topological polar surface area (TPSA) is 67.3 Å². The van der Waals surface area contributed by atoms with Gasteiger partial charge in [-0.15, -0.1) is 11.3 Å². The summed E-state index contributed by atoms with van der Waals surface area (Å²) in [5.74, 6) is 0.227. The molecule has 0 saturated carbocycles. The van der Waals surface area contributed by atoms with Gasteiger partial charge in [-0.3, -0.25) is 4.98 Å². The Morgan fingerprint density at radius 1 is 1.18 bits per heavy atom. The van der Waals surface area contributed by atoms with E-state index in [0.717, 1.165) is 30.5 Å². The van der Waals surface area contributed by atoms with E-state index in [-0.39, 0.29) is 18.6 Å². The summed E-state index contributed by atoms with van der Waals surface area (Å²) in [6.45, 7) is 3.94. The molecule has 1 aliphatic rings. The van der Waals surface area contributed by atoms with E-state index in [1.54, 1.807) is 13.1 Å². The number of nitrogens with zero attached hydrogens (tertiary/aromatic N) is 3. The monoisotopic (exact) mass is 490 g/mol. The van der Waals surface area contributed by atoms with Gasteiger partial charge in [-0.25, -0.2) is 9.78 Å². The van der Waals surface area contributed by atoms with Crippen LogP contribution in [0.5, 0.6) is 0 Å². The summed E-state index contributed by atoms with van der Waals surface area (Å²) in [5.41, 5.74) is 0.868. The van der Waals surface area contributed by atoms with Crippen molar-refractivity contribution in [2.75, 3.05) is 24.6 Å². The molecule has 4 rings (SSSR count). The molecule has 0 unspecified atom stereocenters. The normalized spacial score (nSPS) is 14.9. The molecule has 0 bridgehead atoms. The lowest BCUT2D eigenvalue weighted by atomic mass is 10.0. The number of piperidine rings is 1. The molecule has 1 aromatic carbocycles. The zero-order valence-corrected chi connectivity index (χ0v) is 19.5. The highest BCUT2D eigenvalue weighted by atomic mass is 32.1. The summed E-state index contributed by atoms with van der Waals surface area (Å²) in [4.78, 5) is 24.2. The van der Waals surface area contributed by atoms with Gasteiger partial charge in [-0.05, 0) is 49.6 Å². The second-order valence-electron chi connectivity index (χ2n) is 7.94. The number of aromatic nitrogens is 2. The molecule has 6 nitrogen and oxygen atoms in total. The van der Waals surface area contributed by atoms with Gasteiger partial charge in [0.1, 0.15) is 5.01 Å². The number of esters is 1. The Morgan fingerprint density at radius 2 is 1.91 bits per heavy atom. The van der Waals surface area contributed by atoms with Gasteiger partial charge in [-0.1, -0.05) is 18.2 Å². The van der Waals surface area contributed by atoms with Gasteiger partial charge in [0.05, 0.1) is 17.9 Å². The lowest BCUT2D eigenvalue weighted by molar-refractivity contribution is -0.137. The molecule has 3 aromatic rings. The number of halogens is 3. The van der Waals surface area contributed by atoms with Crippen LogP contribution >= 0.6 is 11.3 Å². The molecular formula is C24H25F3N4O2S. The number of ether oxygens (including phenoxy) is 1. The van der Waals surface area contributed by atoms with E-state index in [1.807, 2.05) is 18.2 Å². The number of hydrogen-bond acceptors (Lipinski definition) is 7. The van der Waals surface area contributed by atoms with Crippen LogP contribution in [0.25, 0.3) is 10.7 Å². The van der Waals surface area contributed by atoms with Crippen molar-refractivity contribution in [1.29, 1.82) is 0 Å². The van der Waals surface area contributed by atoms with Crippen LogP contribution in [0.1, 0.15) is 40.6 Å². The molecule has 0 aliphatic carbocycles. The van der Waals surface area contributed by atoms with Crippen LogP contribution < -0.4 is 10.2 Å². The number of thiazole rings is 1. The third-order valence-corrected chi connectivity index (χ3v) is 6.67. The van der Waals surface area contributed by atoms with E-state index in [4.69, 9.17) is 9.72 Å². The first kappa shape index (κ1) is 24.2. The van der Waals surface area contributed by atoms with Crippen LogP contribution in [0.2, 0.25) is 0 Å². The molecule has 0 amide bonds. The second kappa shape index (κ2) is 10.5. The number of alkyl halides is 3. The van der Waals surface area contributed by atoms with Crippen LogP contribution in [0.15, 0.2) is 48.7 Å². The van der Waals surface area contributed by atoms with Gasteiger partial charge >= 0.3 is 12.1 Å². The summed E-state index contributed by atoms with van der Waals surface area (Å²) >= 11 is 1.28. The van der Waals surface area contributed by atoms with Crippen LogP contribution in [0.3, 0.4) is 0 Å². The summed E-state index contributed by atoms with van der Waals surface area (Å²) in [7, 11) is 0. The highest BCUT2D eigenvalue weighted by Gasteiger charge is 2.30. The fraction of sp³-hybridized carbons (Fsp3) is 0.375. The Labute approximate surface area is 199 Å². The van der Waals surface area contributed by atoms with E-state index < -0.39 is 11.7 Å². The first-order valence-electron chi connectivity index (χ1n) is 11.1. The number of rotatable bonds is 7. The molecule has 2 aromatic heterocycles. The molecule has 1 N–H and O–H groups in total. The highest BCUT2D eigenvalue weighted by Crippen LogP contribution is 2.34. The van der Waals surface area contributed by atoms with Crippen molar-refractivity contribution in [3.63, 3.8) is 0 Å². The van der Waals surface area contributed by atoms with Crippen LogP contribution in [-0.2, 0) is 17.5 Å². The lowest BCUT2D eigenvalue weighted by Gasteiger charge is -2.33. The Kier molecular flexibility index (Phi) is 7.47. The van der Waals surface area contributed by atoms with Gasteiger partial charge in [0.15, 0.2) is 10.7 Å². The number of anilines is 1. The molecule has 34 heavy (non-hydrogen) atoms. The molecule has 0 radical (unpaired) electrons. The maximum atomic E-state index is 12.7. The molecule has 3 heterocycles. The van der Waals surface area contributed by atoms with Crippen LogP contribution in [-0.4, -0.2) is 41.7 Å². The summed E-state index contributed by atoms with van der Waals surface area (Å²) in [5, 5.41) is 4.10. The van der Waals surface area contributed by atoms with Gasteiger partial charge in [-0.2, -0.15) is 13.2 Å². The summed E-state index contributed by atoms with van der Waals surface area (Å²) in [6.07, 6.45) is -1.000. The molecule has 0 spiro atoms. The van der Waals surface area contributed by atoms with E-state index in [2.05, 4.69) is 15.2 Å². The smallest absolute Gasteiger partial charge is 0.416 e. The van der Waals surface area contributed by atoms with Crippen molar-refractivity contribution in [3.05, 3.63) is 64.7 Å². The number of carbonyl (C=O) groups excluding carboxylic acids is 1. The molecule has 180 valence electrons. The largest absolute Gasteiger partial charge is 0.462 e. The average Bonchev–Trinajstić information content (AvgIpc) is 3.29. The molecule has 1 saturated heterocycles. The zero-order valence-electron chi connectivity index (χ0n) is 18.6. The molecule has 1 fully saturated rings. The first-order valence-corrected chi connectivity index (χ1v) is 11.9. The van der Waals surface area contributed by atoms with Crippen molar-refractivity contribution in [2.45, 2.75) is 38.5 Å². The standard InChI is InChI=1S/C24H25F3N4O2S/c1-2-33-23(32)20-21(30-22(34-20)19-5-3-4-12-28-19)31-13-10-18(11-14-31)29-15-16-6-8-17(9-7-16)24(25,26)27/h3-9,12,18,29H,2,10-11,13-15H2,1H3. The van der Waals surface area contributed by atoms with Gasteiger partial charge in [0, 0.05) is 31.9 Å². The highest BCUT2D eigenvalue weighted by molar-refractivity contribution is 7.17.